The van der Waals surface area contributed by atoms with Crippen LogP contribution in [0.4, 0.5) is 5.69 Å². The number of piperidine rings is 1. The molecule has 4 rings (SSSR count). The summed E-state index contributed by atoms with van der Waals surface area (Å²) in [5, 5.41) is 0.508. The highest BCUT2D eigenvalue weighted by atomic mass is 32.2. The van der Waals surface area contributed by atoms with E-state index in [0.717, 1.165) is 50.1 Å². The minimum atomic E-state index is 0.0694. The zero-order valence-electron chi connectivity index (χ0n) is 16.9. The van der Waals surface area contributed by atoms with Crippen molar-refractivity contribution in [3.8, 4) is 0 Å². The van der Waals surface area contributed by atoms with Crippen LogP contribution >= 0.6 is 11.8 Å². The Hall–Kier alpha value is -2.11. The van der Waals surface area contributed by atoms with Crippen LogP contribution in [0.2, 0.25) is 0 Å². The SMILES string of the molecule is CC1CCN(C(=O)CN2CCC(C(=O)c3ccccc3)CC2)c2ccccc2S1. The molecule has 1 amide bonds. The van der Waals surface area contributed by atoms with E-state index in [1.54, 1.807) is 0 Å². The largest absolute Gasteiger partial charge is 0.310 e. The van der Waals surface area contributed by atoms with Gasteiger partial charge in [-0.15, -0.1) is 11.8 Å². The fraction of sp³-hybridized carbons (Fsp3) is 0.417. The number of nitrogens with zero attached hydrogens (tertiary/aromatic N) is 2. The van der Waals surface area contributed by atoms with Crippen molar-refractivity contribution < 1.29 is 9.59 Å². The molecule has 0 saturated carbocycles. The molecule has 1 fully saturated rings. The van der Waals surface area contributed by atoms with Crippen LogP contribution in [0.5, 0.6) is 0 Å². The molecule has 1 unspecified atom stereocenters. The van der Waals surface area contributed by atoms with E-state index in [-0.39, 0.29) is 17.6 Å². The van der Waals surface area contributed by atoms with Crippen molar-refractivity contribution in [3.63, 3.8) is 0 Å². The normalized spacial score (nSPS) is 20.7. The van der Waals surface area contributed by atoms with Crippen LogP contribution in [0.15, 0.2) is 59.5 Å². The Morgan fingerprint density at radius 1 is 0.931 bits per heavy atom. The molecule has 2 aliphatic heterocycles. The molecular weight excluding hydrogens is 380 g/mol. The van der Waals surface area contributed by atoms with Gasteiger partial charge in [0.05, 0.1) is 12.2 Å². The Labute approximate surface area is 177 Å². The first-order valence-corrected chi connectivity index (χ1v) is 11.4. The molecule has 0 aliphatic carbocycles. The Bertz CT molecular complexity index is 862. The summed E-state index contributed by atoms with van der Waals surface area (Å²) < 4.78 is 0. The number of Topliss-reactive ketones (excluding diaryl/α,β-unsaturated/α-hetero) is 1. The summed E-state index contributed by atoms with van der Waals surface area (Å²) in [6.45, 7) is 5.03. The number of rotatable bonds is 4. The molecule has 1 atom stereocenters. The number of carbonyl (C=O) groups excluding carboxylic acids is 2. The molecule has 2 aromatic carbocycles. The lowest BCUT2D eigenvalue weighted by Gasteiger charge is -2.32. The van der Waals surface area contributed by atoms with E-state index in [0.29, 0.717) is 11.8 Å². The van der Waals surface area contributed by atoms with Crippen molar-refractivity contribution in [2.24, 2.45) is 5.92 Å². The van der Waals surface area contributed by atoms with Crippen LogP contribution in [0.3, 0.4) is 0 Å². The Kier molecular flexibility index (Phi) is 6.36. The molecule has 2 heterocycles. The molecule has 5 heteroatoms. The Morgan fingerprint density at radius 3 is 2.38 bits per heavy atom. The Balaban J connectivity index is 1.36. The number of ketones is 1. The third-order valence-corrected chi connectivity index (χ3v) is 7.16. The van der Waals surface area contributed by atoms with Gasteiger partial charge in [0, 0.05) is 28.2 Å². The first-order valence-electron chi connectivity index (χ1n) is 10.5. The van der Waals surface area contributed by atoms with Gasteiger partial charge >= 0.3 is 0 Å². The van der Waals surface area contributed by atoms with Crippen molar-refractivity contribution in [1.29, 1.82) is 0 Å². The third-order valence-electron chi connectivity index (χ3n) is 5.92. The second-order valence-electron chi connectivity index (χ2n) is 8.01. The topological polar surface area (TPSA) is 40.6 Å². The summed E-state index contributed by atoms with van der Waals surface area (Å²) in [6, 6.07) is 17.8. The van der Waals surface area contributed by atoms with Gasteiger partial charge in [0.1, 0.15) is 0 Å². The van der Waals surface area contributed by atoms with Crippen molar-refractivity contribution in [1.82, 2.24) is 4.90 Å². The molecule has 2 aromatic rings. The quantitative estimate of drug-likeness (QED) is 0.699. The summed E-state index contributed by atoms with van der Waals surface area (Å²) in [7, 11) is 0. The number of thioether (sulfide) groups is 1. The lowest BCUT2D eigenvalue weighted by molar-refractivity contribution is -0.120. The number of hydrogen-bond acceptors (Lipinski definition) is 4. The first kappa shape index (κ1) is 20.2. The van der Waals surface area contributed by atoms with Crippen LogP contribution in [-0.4, -0.2) is 48.0 Å². The highest BCUT2D eigenvalue weighted by molar-refractivity contribution is 8.00. The zero-order valence-corrected chi connectivity index (χ0v) is 17.7. The molecule has 0 N–H and O–H groups in total. The number of likely N-dealkylation sites (tertiary alicyclic amines) is 1. The molecule has 0 radical (unpaired) electrons. The van der Waals surface area contributed by atoms with E-state index >= 15 is 0 Å². The standard InChI is InChI=1S/C24H28N2O2S/c1-18-11-16-26(21-9-5-6-10-22(21)29-18)23(27)17-25-14-12-20(13-15-25)24(28)19-7-3-2-4-8-19/h2-10,18,20H,11-17H2,1H3. The summed E-state index contributed by atoms with van der Waals surface area (Å²) in [4.78, 5) is 31.2. The summed E-state index contributed by atoms with van der Waals surface area (Å²) in [5.74, 6) is 0.476. The highest BCUT2D eigenvalue weighted by Crippen LogP contribution is 2.37. The molecule has 1 saturated heterocycles. The van der Waals surface area contributed by atoms with Gasteiger partial charge in [0.25, 0.3) is 0 Å². The van der Waals surface area contributed by atoms with E-state index in [1.807, 2.05) is 59.1 Å². The van der Waals surface area contributed by atoms with Gasteiger partial charge in [0.2, 0.25) is 5.91 Å². The zero-order chi connectivity index (χ0) is 20.2. The maximum Gasteiger partial charge on any atom is 0.241 e. The number of benzene rings is 2. The van der Waals surface area contributed by atoms with Gasteiger partial charge in [0.15, 0.2) is 5.78 Å². The minimum absolute atomic E-state index is 0.0694. The summed E-state index contributed by atoms with van der Waals surface area (Å²) in [5.41, 5.74) is 1.84. The van der Waals surface area contributed by atoms with Crippen LogP contribution in [0.25, 0.3) is 0 Å². The number of para-hydroxylation sites is 1. The van der Waals surface area contributed by atoms with Crippen molar-refractivity contribution in [2.75, 3.05) is 31.1 Å². The smallest absolute Gasteiger partial charge is 0.241 e. The lowest BCUT2D eigenvalue weighted by Crippen LogP contribution is -2.44. The van der Waals surface area contributed by atoms with Crippen molar-refractivity contribution in [3.05, 3.63) is 60.2 Å². The molecule has 0 aromatic heterocycles. The average molecular weight is 409 g/mol. The van der Waals surface area contributed by atoms with E-state index in [2.05, 4.69) is 24.0 Å². The summed E-state index contributed by atoms with van der Waals surface area (Å²) in [6.07, 6.45) is 2.65. The highest BCUT2D eigenvalue weighted by Gasteiger charge is 2.29. The fourth-order valence-electron chi connectivity index (χ4n) is 4.21. The number of anilines is 1. The van der Waals surface area contributed by atoms with Gasteiger partial charge in [-0.2, -0.15) is 0 Å². The second-order valence-corrected chi connectivity index (χ2v) is 9.49. The maximum atomic E-state index is 13.1. The minimum Gasteiger partial charge on any atom is -0.310 e. The number of fused-ring (bicyclic) bond motifs is 1. The molecule has 152 valence electrons. The van der Waals surface area contributed by atoms with Crippen LogP contribution in [0.1, 0.15) is 36.5 Å². The number of carbonyl (C=O) groups is 2. The lowest BCUT2D eigenvalue weighted by atomic mass is 9.89. The predicted molar refractivity (Wildman–Crippen MR) is 119 cm³/mol. The van der Waals surface area contributed by atoms with Crippen molar-refractivity contribution in [2.45, 2.75) is 36.3 Å². The van der Waals surface area contributed by atoms with Gasteiger partial charge in [-0.05, 0) is 44.5 Å². The van der Waals surface area contributed by atoms with Gasteiger partial charge in [-0.25, -0.2) is 0 Å². The van der Waals surface area contributed by atoms with E-state index < -0.39 is 0 Å². The second kappa shape index (κ2) is 9.14. The molecule has 2 aliphatic rings. The average Bonchev–Trinajstić information content (AvgIpc) is 2.92. The van der Waals surface area contributed by atoms with E-state index in [9.17, 15) is 9.59 Å². The van der Waals surface area contributed by atoms with E-state index in [4.69, 9.17) is 0 Å². The Morgan fingerprint density at radius 2 is 1.62 bits per heavy atom. The monoisotopic (exact) mass is 408 g/mol. The van der Waals surface area contributed by atoms with Crippen LogP contribution in [-0.2, 0) is 4.79 Å². The molecule has 0 bridgehead atoms. The number of hydrogen-bond donors (Lipinski definition) is 0. The van der Waals surface area contributed by atoms with Gasteiger partial charge in [-0.1, -0.05) is 49.4 Å². The predicted octanol–water partition coefficient (Wildman–Crippen LogP) is 4.50. The van der Waals surface area contributed by atoms with Gasteiger partial charge < -0.3 is 4.90 Å². The summed E-state index contributed by atoms with van der Waals surface area (Å²) >= 11 is 1.86. The molecular formula is C24H28N2O2S. The van der Waals surface area contributed by atoms with E-state index in [1.165, 1.54) is 4.90 Å². The number of amides is 1. The van der Waals surface area contributed by atoms with Gasteiger partial charge in [-0.3, -0.25) is 14.5 Å². The third kappa shape index (κ3) is 4.73. The first-order chi connectivity index (χ1) is 14.1. The van der Waals surface area contributed by atoms with Crippen molar-refractivity contribution >= 4 is 29.1 Å². The molecule has 29 heavy (non-hydrogen) atoms. The van der Waals surface area contributed by atoms with Crippen LogP contribution in [0, 0.1) is 5.92 Å². The fourth-order valence-corrected chi connectivity index (χ4v) is 5.33. The van der Waals surface area contributed by atoms with Crippen LogP contribution < -0.4 is 4.90 Å². The molecule has 4 nitrogen and oxygen atoms in total. The molecule has 0 spiro atoms. The maximum absolute atomic E-state index is 13.1.